The van der Waals surface area contributed by atoms with Crippen LogP contribution in [0, 0.1) is 6.92 Å². The van der Waals surface area contributed by atoms with E-state index in [4.69, 9.17) is 16.3 Å². The molecule has 2 amide bonds. The Hall–Kier alpha value is -2.38. The molecule has 0 bridgehead atoms. The van der Waals surface area contributed by atoms with Crippen molar-refractivity contribution in [3.8, 4) is 0 Å². The Morgan fingerprint density at radius 2 is 1.89 bits per heavy atom. The predicted octanol–water partition coefficient (Wildman–Crippen LogP) is 3.38. The van der Waals surface area contributed by atoms with Crippen molar-refractivity contribution in [1.29, 1.82) is 0 Å². The number of benzene rings is 1. The maximum absolute atomic E-state index is 12.6. The van der Waals surface area contributed by atoms with Gasteiger partial charge in [0.25, 0.3) is 5.91 Å². The van der Waals surface area contributed by atoms with Crippen LogP contribution in [0.25, 0.3) is 0 Å². The van der Waals surface area contributed by atoms with E-state index in [-0.39, 0.29) is 29.0 Å². The van der Waals surface area contributed by atoms with Crippen molar-refractivity contribution in [2.75, 3.05) is 24.3 Å². The van der Waals surface area contributed by atoms with Crippen LogP contribution in [0.1, 0.15) is 38.1 Å². The second kappa shape index (κ2) is 10.1. The number of esters is 1. The van der Waals surface area contributed by atoms with Crippen LogP contribution in [-0.4, -0.2) is 36.8 Å². The highest BCUT2D eigenvalue weighted by Gasteiger charge is 2.26. The normalized spacial score (nSPS) is 10.3. The second-order valence-corrected chi connectivity index (χ2v) is 6.94. The second-order valence-electron chi connectivity index (χ2n) is 5.65. The van der Waals surface area contributed by atoms with Crippen molar-refractivity contribution < 1.29 is 19.1 Å². The molecule has 1 aromatic carbocycles. The van der Waals surface area contributed by atoms with Crippen molar-refractivity contribution in [2.24, 2.45) is 0 Å². The molecular weight excluding hydrogens is 388 g/mol. The summed E-state index contributed by atoms with van der Waals surface area (Å²) in [5.74, 6) is -1.60. The van der Waals surface area contributed by atoms with Gasteiger partial charge in [-0.05, 0) is 31.4 Å². The van der Waals surface area contributed by atoms with Crippen molar-refractivity contribution in [1.82, 2.24) is 5.32 Å². The van der Waals surface area contributed by atoms with E-state index in [0.29, 0.717) is 23.4 Å². The van der Waals surface area contributed by atoms with E-state index in [1.807, 2.05) is 30.3 Å². The van der Waals surface area contributed by atoms with Crippen molar-refractivity contribution in [2.45, 2.75) is 20.3 Å². The molecule has 0 fully saturated rings. The molecule has 0 unspecified atom stereocenters. The Morgan fingerprint density at radius 3 is 2.52 bits per heavy atom. The molecule has 1 heterocycles. The van der Waals surface area contributed by atoms with E-state index in [1.165, 1.54) is 0 Å². The maximum Gasteiger partial charge on any atom is 0.341 e. The number of rotatable bonds is 8. The van der Waals surface area contributed by atoms with Gasteiger partial charge in [0, 0.05) is 6.54 Å². The van der Waals surface area contributed by atoms with Crippen LogP contribution in [0.5, 0.6) is 0 Å². The third kappa shape index (κ3) is 5.55. The zero-order valence-corrected chi connectivity index (χ0v) is 16.7. The van der Waals surface area contributed by atoms with Gasteiger partial charge in [-0.15, -0.1) is 22.9 Å². The van der Waals surface area contributed by atoms with Gasteiger partial charge in [0.15, 0.2) is 0 Å². The molecule has 27 heavy (non-hydrogen) atoms. The highest BCUT2D eigenvalue weighted by Crippen LogP contribution is 2.33. The standard InChI is InChI=1S/C19H21ClN2O4S/c1-3-26-19(25)15-12(2)16(27-18(15)22-14(23)11-20)17(24)21-10-9-13-7-5-4-6-8-13/h4-8H,3,9-11H2,1-2H3,(H,21,24)(H,22,23). The van der Waals surface area contributed by atoms with Gasteiger partial charge in [0.1, 0.15) is 10.9 Å². The van der Waals surface area contributed by atoms with Crippen molar-refractivity contribution >= 4 is 45.7 Å². The predicted molar refractivity (Wildman–Crippen MR) is 107 cm³/mol. The molecule has 8 heteroatoms. The lowest BCUT2D eigenvalue weighted by Crippen LogP contribution is -2.25. The Bertz CT molecular complexity index is 821. The lowest BCUT2D eigenvalue weighted by molar-refractivity contribution is -0.113. The van der Waals surface area contributed by atoms with Gasteiger partial charge in [-0.25, -0.2) is 4.79 Å². The zero-order valence-electron chi connectivity index (χ0n) is 15.1. The quantitative estimate of drug-likeness (QED) is 0.518. The molecule has 2 N–H and O–H groups in total. The molecule has 2 rings (SSSR count). The summed E-state index contributed by atoms with van der Waals surface area (Å²) < 4.78 is 5.05. The van der Waals surface area contributed by atoms with Crippen LogP contribution in [0.4, 0.5) is 5.00 Å². The summed E-state index contributed by atoms with van der Waals surface area (Å²) in [7, 11) is 0. The number of ether oxygens (including phenoxy) is 1. The van der Waals surface area contributed by atoms with Crippen LogP contribution in [-0.2, 0) is 16.0 Å². The topological polar surface area (TPSA) is 84.5 Å². The zero-order chi connectivity index (χ0) is 19.8. The van der Waals surface area contributed by atoms with Crippen molar-refractivity contribution in [3.63, 3.8) is 0 Å². The summed E-state index contributed by atoms with van der Waals surface area (Å²) in [5, 5.41) is 5.68. The van der Waals surface area contributed by atoms with E-state index in [2.05, 4.69) is 10.6 Å². The van der Waals surface area contributed by atoms with Gasteiger partial charge >= 0.3 is 5.97 Å². The van der Waals surface area contributed by atoms with E-state index in [0.717, 1.165) is 16.9 Å². The molecule has 0 radical (unpaired) electrons. The van der Waals surface area contributed by atoms with E-state index < -0.39 is 11.9 Å². The number of nitrogens with one attached hydrogen (secondary N) is 2. The van der Waals surface area contributed by atoms with Gasteiger partial charge in [0.2, 0.25) is 5.91 Å². The highest BCUT2D eigenvalue weighted by molar-refractivity contribution is 7.18. The summed E-state index contributed by atoms with van der Waals surface area (Å²) in [5.41, 5.74) is 1.78. The van der Waals surface area contributed by atoms with Crippen LogP contribution >= 0.6 is 22.9 Å². The van der Waals surface area contributed by atoms with E-state index in [1.54, 1.807) is 13.8 Å². The first-order valence-corrected chi connectivity index (χ1v) is 9.81. The fourth-order valence-corrected chi connectivity index (χ4v) is 3.67. The minimum atomic E-state index is -0.584. The summed E-state index contributed by atoms with van der Waals surface area (Å²) >= 11 is 6.56. The molecule has 0 saturated carbocycles. The van der Waals surface area contributed by atoms with Crippen LogP contribution in [0.2, 0.25) is 0 Å². The first-order valence-electron chi connectivity index (χ1n) is 8.46. The van der Waals surface area contributed by atoms with Gasteiger partial charge in [-0.1, -0.05) is 30.3 Å². The molecule has 6 nitrogen and oxygen atoms in total. The average Bonchev–Trinajstić information content (AvgIpc) is 2.98. The van der Waals surface area contributed by atoms with Gasteiger partial charge in [0.05, 0.1) is 17.0 Å². The number of hydrogen-bond acceptors (Lipinski definition) is 5. The van der Waals surface area contributed by atoms with Gasteiger partial charge < -0.3 is 15.4 Å². The Morgan fingerprint density at radius 1 is 1.19 bits per heavy atom. The summed E-state index contributed by atoms with van der Waals surface area (Å²) in [4.78, 5) is 36.8. The van der Waals surface area contributed by atoms with Gasteiger partial charge in [-0.3, -0.25) is 9.59 Å². The number of hydrogen-bond donors (Lipinski definition) is 2. The summed E-state index contributed by atoms with van der Waals surface area (Å²) in [6.07, 6.45) is 0.692. The maximum atomic E-state index is 12.6. The number of carbonyl (C=O) groups excluding carboxylic acids is 3. The molecule has 0 spiro atoms. The molecule has 144 valence electrons. The first-order chi connectivity index (χ1) is 13.0. The molecular formula is C19H21ClN2O4S. The monoisotopic (exact) mass is 408 g/mol. The molecule has 0 aliphatic rings. The fourth-order valence-electron chi connectivity index (χ4n) is 2.47. The fraction of sp³-hybridized carbons (Fsp3) is 0.316. The minimum absolute atomic E-state index is 0.188. The van der Waals surface area contributed by atoms with Crippen LogP contribution in [0.15, 0.2) is 30.3 Å². The third-order valence-electron chi connectivity index (χ3n) is 3.75. The Labute approximate surface area is 166 Å². The number of alkyl halides is 1. The van der Waals surface area contributed by atoms with E-state index in [9.17, 15) is 14.4 Å². The third-order valence-corrected chi connectivity index (χ3v) is 5.20. The number of halogens is 1. The number of amides is 2. The van der Waals surface area contributed by atoms with Crippen molar-refractivity contribution in [3.05, 3.63) is 51.9 Å². The molecule has 0 aliphatic heterocycles. The summed E-state index contributed by atoms with van der Waals surface area (Å²) in [6.45, 7) is 3.99. The largest absolute Gasteiger partial charge is 0.462 e. The van der Waals surface area contributed by atoms with Crippen LogP contribution in [0.3, 0.4) is 0 Å². The lowest BCUT2D eigenvalue weighted by Gasteiger charge is -2.06. The average molecular weight is 409 g/mol. The molecule has 1 aromatic heterocycles. The molecule has 0 saturated heterocycles. The Kier molecular flexibility index (Phi) is 7.82. The number of thiophene rings is 1. The number of carbonyl (C=O) groups is 3. The minimum Gasteiger partial charge on any atom is -0.462 e. The van der Waals surface area contributed by atoms with E-state index >= 15 is 0 Å². The first kappa shape index (κ1) is 20.9. The summed E-state index contributed by atoms with van der Waals surface area (Å²) in [6, 6.07) is 9.79. The van der Waals surface area contributed by atoms with Crippen LogP contribution < -0.4 is 10.6 Å². The molecule has 0 aliphatic carbocycles. The molecule has 2 aromatic rings. The Balaban J connectivity index is 2.16. The highest BCUT2D eigenvalue weighted by atomic mass is 35.5. The SMILES string of the molecule is CCOC(=O)c1c(NC(=O)CCl)sc(C(=O)NCCc2ccccc2)c1C. The van der Waals surface area contributed by atoms with Gasteiger partial charge in [-0.2, -0.15) is 0 Å². The lowest BCUT2D eigenvalue weighted by atomic mass is 10.1. The smallest absolute Gasteiger partial charge is 0.341 e. The molecule has 0 atom stereocenters. The number of anilines is 1.